The molecular weight excluding hydrogens is 312 g/mol. The first-order chi connectivity index (χ1) is 8.51. The van der Waals surface area contributed by atoms with Crippen LogP contribution in [0.1, 0.15) is 31.6 Å². The van der Waals surface area contributed by atoms with E-state index in [1.807, 2.05) is 12.1 Å². The number of hydrogen-bond donors (Lipinski definition) is 2. The first-order valence-corrected chi connectivity index (χ1v) is 7.83. The number of nitrogens with one attached hydrogen (secondary N) is 1. The van der Waals surface area contributed by atoms with Crippen LogP contribution in [-0.4, -0.2) is 12.5 Å². The van der Waals surface area contributed by atoms with E-state index in [0.717, 1.165) is 15.1 Å². The summed E-state index contributed by atoms with van der Waals surface area (Å²) < 4.78 is 1.09. The predicted molar refractivity (Wildman–Crippen MR) is 80.5 cm³/mol. The maximum absolute atomic E-state index is 11.8. The summed E-state index contributed by atoms with van der Waals surface area (Å²) in [5.41, 5.74) is 5.70. The Kier molecular flexibility index (Phi) is 6.89. The summed E-state index contributed by atoms with van der Waals surface area (Å²) in [6, 6.07) is 4.01. The molecule has 1 aromatic heterocycles. The molecule has 5 heteroatoms. The fourth-order valence-corrected chi connectivity index (χ4v) is 3.32. The van der Waals surface area contributed by atoms with Crippen LogP contribution in [0.2, 0.25) is 0 Å². The second kappa shape index (κ2) is 7.92. The fraction of sp³-hybridized carbons (Fsp3) is 0.615. The molecule has 0 bridgehead atoms. The van der Waals surface area contributed by atoms with Gasteiger partial charge in [0.25, 0.3) is 0 Å². The molecule has 0 aliphatic carbocycles. The second-order valence-electron chi connectivity index (χ2n) is 4.92. The van der Waals surface area contributed by atoms with E-state index in [9.17, 15) is 4.79 Å². The Labute approximate surface area is 121 Å². The quantitative estimate of drug-likeness (QED) is 0.805. The molecule has 1 amide bonds. The van der Waals surface area contributed by atoms with E-state index < -0.39 is 0 Å². The molecule has 0 aromatic carbocycles. The third-order valence-corrected chi connectivity index (χ3v) is 4.32. The molecule has 3 N–H and O–H groups in total. The fourth-order valence-electron chi connectivity index (χ4n) is 1.90. The summed E-state index contributed by atoms with van der Waals surface area (Å²) in [4.78, 5) is 13.0. The molecule has 1 aromatic rings. The summed E-state index contributed by atoms with van der Waals surface area (Å²) in [6.45, 7) is 5.50. The molecule has 3 nitrogen and oxygen atoms in total. The van der Waals surface area contributed by atoms with E-state index in [-0.39, 0.29) is 5.91 Å². The van der Waals surface area contributed by atoms with Gasteiger partial charge in [-0.1, -0.05) is 13.8 Å². The van der Waals surface area contributed by atoms with Crippen LogP contribution >= 0.6 is 27.3 Å². The second-order valence-corrected chi connectivity index (χ2v) is 7.47. The third kappa shape index (κ3) is 5.98. The van der Waals surface area contributed by atoms with Crippen LogP contribution in [0.25, 0.3) is 0 Å². The average molecular weight is 333 g/mol. The van der Waals surface area contributed by atoms with Crippen molar-refractivity contribution in [3.63, 3.8) is 0 Å². The van der Waals surface area contributed by atoms with E-state index in [2.05, 4.69) is 35.1 Å². The summed E-state index contributed by atoms with van der Waals surface area (Å²) in [5, 5.41) is 2.95. The van der Waals surface area contributed by atoms with Crippen LogP contribution in [0.15, 0.2) is 15.9 Å². The number of nitrogens with two attached hydrogens (primary N) is 1. The smallest absolute Gasteiger partial charge is 0.220 e. The Bertz CT molecular complexity index is 379. The van der Waals surface area contributed by atoms with Crippen molar-refractivity contribution in [2.45, 2.75) is 33.2 Å². The standard InChI is InChI=1S/C13H21BrN2OS/c1-9(2)5-10(7-15)6-13(17)16-8-11-3-4-12(14)18-11/h3-4,9-10H,5-8,15H2,1-2H3,(H,16,17)/t10-/m0/s1. The van der Waals surface area contributed by atoms with E-state index in [4.69, 9.17) is 5.73 Å². The maximum atomic E-state index is 11.8. The van der Waals surface area contributed by atoms with Gasteiger partial charge in [-0.2, -0.15) is 0 Å². The lowest BCUT2D eigenvalue weighted by Crippen LogP contribution is -2.28. The van der Waals surface area contributed by atoms with Gasteiger partial charge in [0.05, 0.1) is 10.3 Å². The molecule has 0 saturated carbocycles. The number of carbonyl (C=O) groups excluding carboxylic acids is 1. The summed E-state index contributed by atoms with van der Waals surface area (Å²) in [5.74, 6) is 0.968. The number of halogens is 1. The predicted octanol–water partition coefficient (Wildman–Crippen LogP) is 3.14. The van der Waals surface area contributed by atoms with Crippen LogP contribution in [0.5, 0.6) is 0 Å². The minimum atomic E-state index is 0.0932. The van der Waals surface area contributed by atoms with Crippen molar-refractivity contribution in [3.05, 3.63) is 20.8 Å². The van der Waals surface area contributed by atoms with Gasteiger partial charge >= 0.3 is 0 Å². The molecule has 0 aliphatic heterocycles. The molecule has 1 rings (SSSR count). The Balaban J connectivity index is 2.32. The van der Waals surface area contributed by atoms with E-state index in [0.29, 0.717) is 31.3 Å². The van der Waals surface area contributed by atoms with E-state index in [1.165, 1.54) is 0 Å². The van der Waals surface area contributed by atoms with Gasteiger partial charge in [-0.25, -0.2) is 0 Å². The molecule has 0 saturated heterocycles. The van der Waals surface area contributed by atoms with Gasteiger partial charge < -0.3 is 11.1 Å². The zero-order valence-corrected chi connectivity index (χ0v) is 13.3. The van der Waals surface area contributed by atoms with Gasteiger partial charge in [0, 0.05) is 11.3 Å². The molecule has 1 heterocycles. The number of thiophene rings is 1. The molecule has 0 unspecified atom stereocenters. The van der Waals surface area contributed by atoms with Crippen LogP contribution in [0, 0.1) is 11.8 Å². The lowest BCUT2D eigenvalue weighted by molar-refractivity contribution is -0.122. The zero-order valence-electron chi connectivity index (χ0n) is 10.9. The molecule has 0 spiro atoms. The molecule has 18 heavy (non-hydrogen) atoms. The van der Waals surface area contributed by atoms with Gasteiger partial charge in [-0.05, 0) is 52.9 Å². The van der Waals surface area contributed by atoms with Crippen molar-refractivity contribution in [2.24, 2.45) is 17.6 Å². The highest BCUT2D eigenvalue weighted by Crippen LogP contribution is 2.22. The Morgan fingerprint density at radius 3 is 2.72 bits per heavy atom. The number of amides is 1. The van der Waals surface area contributed by atoms with Gasteiger partial charge in [-0.3, -0.25) is 4.79 Å². The van der Waals surface area contributed by atoms with Crippen LogP contribution < -0.4 is 11.1 Å². The van der Waals surface area contributed by atoms with Gasteiger partial charge in [0.2, 0.25) is 5.91 Å². The Hall–Kier alpha value is -0.390. The molecule has 0 radical (unpaired) electrons. The monoisotopic (exact) mass is 332 g/mol. The molecular formula is C13H21BrN2OS. The van der Waals surface area contributed by atoms with Crippen LogP contribution in [-0.2, 0) is 11.3 Å². The van der Waals surface area contributed by atoms with E-state index in [1.54, 1.807) is 11.3 Å². The third-order valence-electron chi connectivity index (χ3n) is 2.70. The topological polar surface area (TPSA) is 55.1 Å². The molecule has 0 aliphatic rings. The van der Waals surface area contributed by atoms with Crippen molar-refractivity contribution in [2.75, 3.05) is 6.54 Å². The van der Waals surface area contributed by atoms with Crippen LogP contribution in [0.4, 0.5) is 0 Å². The summed E-state index contributed by atoms with van der Waals surface area (Å²) >= 11 is 5.05. The zero-order chi connectivity index (χ0) is 13.5. The summed E-state index contributed by atoms with van der Waals surface area (Å²) in [6.07, 6.45) is 1.54. The normalized spacial score (nSPS) is 12.7. The Morgan fingerprint density at radius 1 is 1.50 bits per heavy atom. The van der Waals surface area contributed by atoms with Crippen molar-refractivity contribution < 1.29 is 4.79 Å². The minimum absolute atomic E-state index is 0.0932. The first-order valence-electron chi connectivity index (χ1n) is 6.22. The SMILES string of the molecule is CC(C)C[C@H](CN)CC(=O)NCc1ccc(Br)s1. The highest BCUT2D eigenvalue weighted by Gasteiger charge is 2.13. The van der Waals surface area contributed by atoms with Crippen molar-refractivity contribution in [1.82, 2.24) is 5.32 Å². The molecule has 1 atom stereocenters. The minimum Gasteiger partial charge on any atom is -0.351 e. The van der Waals surface area contributed by atoms with E-state index >= 15 is 0 Å². The lowest BCUT2D eigenvalue weighted by Gasteiger charge is -2.16. The molecule has 0 fully saturated rings. The highest BCUT2D eigenvalue weighted by molar-refractivity contribution is 9.11. The van der Waals surface area contributed by atoms with Gasteiger partial charge in [-0.15, -0.1) is 11.3 Å². The van der Waals surface area contributed by atoms with Gasteiger partial charge in [0.1, 0.15) is 0 Å². The summed E-state index contributed by atoms with van der Waals surface area (Å²) in [7, 11) is 0. The average Bonchev–Trinajstić information content (AvgIpc) is 2.71. The lowest BCUT2D eigenvalue weighted by atomic mass is 9.94. The highest BCUT2D eigenvalue weighted by atomic mass is 79.9. The van der Waals surface area contributed by atoms with Crippen molar-refractivity contribution in [1.29, 1.82) is 0 Å². The van der Waals surface area contributed by atoms with Crippen molar-refractivity contribution in [3.8, 4) is 0 Å². The largest absolute Gasteiger partial charge is 0.351 e. The number of rotatable bonds is 7. The van der Waals surface area contributed by atoms with Crippen LogP contribution in [0.3, 0.4) is 0 Å². The first kappa shape index (κ1) is 15.7. The maximum Gasteiger partial charge on any atom is 0.220 e. The molecule has 102 valence electrons. The number of carbonyl (C=O) groups is 1. The Morgan fingerprint density at radius 2 is 2.22 bits per heavy atom. The number of hydrogen-bond acceptors (Lipinski definition) is 3. The van der Waals surface area contributed by atoms with Gasteiger partial charge in [0.15, 0.2) is 0 Å². The van der Waals surface area contributed by atoms with Crippen molar-refractivity contribution >= 4 is 33.2 Å².